The van der Waals surface area contributed by atoms with Crippen molar-refractivity contribution in [3.05, 3.63) is 57.5 Å². The molecular weight excluding hydrogens is 292 g/mol. The molecule has 1 aromatic carbocycles. The van der Waals surface area contributed by atoms with E-state index in [0.717, 1.165) is 0 Å². The summed E-state index contributed by atoms with van der Waals surface area (Å²) in [4.78, 5) is 34.1. The molecule has 0 saturated carbocycles. The predicted molar refractivity (Wildman–Crippen MR) is 77.3 cm³/mol. The van der Waals surface area contributed by atoms with E-state index in [0.29, 0.717) is 16.7 Å². The average Bonchev–Trinajstić information content (AvgIpc) is 2.47. The number of nitrogens with zero attached hydrogens (tertiary/aromatic N) is 3. The van der Waals surface area contributed by atoms with Crippen molar-refractivity contribution in [2.45, 2.75) is 0 Å². The first kappa shape index (κ1) is 13.1. The molecule has 3 aromatic rings. The number of fused-ring (bicyclic) bond motifs is 1. The molecule has 0 aliphatic rings. The summed E-state index contributed by atoms with van der Waals surface area (Å²) in [6, 6.07) is 5.75. The standard InChI is InChI=1S/C13H8N4O3S/c18-11-8-2-1-7(12(19)20)5-9(8)16-13(21)17(11)10-3-4-14-6-15-10/h1-6H,(H,16,21)(H,19,20). The van der Waals surface area contributed by atoms with Crippen LogP contribution in [0.2, 0.25) is 0 Å². The lowest BCUT2D eigenvalue weighted by atomic mass is 10.1. The van der Waals surface area contributed by atoms with E-state index in [-0.39, 0.29) is 15.9 Å². The van der Waals surface area contributed by atoms with Crippen LogP contribution < -0.4 is 5.56 Å². The number of hydrogen-bond donors (Lipinski definition) is 2. The van der Waals surface area contributed by atoms with Crippen LogP contribution in [0, 0.1) is 4.77 Å². The number of benzene rings is 1. The second-order valence-electron chi connectivity index (χ2n) is 4.20. The van der Waals surface area contributed by atoms with E-state index < -0.39 is 5.97 Å². The second kappa shape index (κ2) is 4.91. The molecule has 0 aliphatic carbocycles. The Morgan fingerprint density at radius 1 is 1.33 bits per heavy atom. The Labute approximate surface area is 122 Å². The summed E-state index contributed by atoms with van der Waals surface area (Å²) < 4.78 is 1.37. The first-order chi connectivity index (χ1) is 10.1. The normalized spacial score (nSPS) is 10.7. The third-order valence-electron chi connectivity index (χ3n) is 2.94. The lowest BCUT2D eigenvalue weighted by Gasteiger charge is -2.07. The van der Waals surface area contributed by atoms with Gasteiger partial charge in [0.05, 0.1) is 16.5 Å². The molecule has 2 aromatic heterocycles. The molecule has 0 atom stereocenters. The Bertz CT molecular complexity index is 963. The molecule has 21 heavy (non-hydrogen) atoms. The van der Waals surface area contributed by atoms with E-state index in [1.54, 1.807) is 6.07 Å². The number of carbonyl (C=O) groups is 1. The molecule has 3 rings (SSSR count). The van der Waals surface area contributed by atoms with E-state index in [4.69, 9.17) is 17.3 Å². The summed E-state index contributed by atoms with van der Waals surface area (Å²) in [5.74, 6) is -0.725. The largest absolute Gasteiger partial charge is 0.478 e. The number of carboxylic acids is 1. The first-order valence-electron chi connectivity index (χ1n) is 5.87. The van der Waals surface area contributed by atoms with Crippen LogP contribution in [0.1, 0.15) is 10.4 Å². The van der Waals surface area contributed by atoms with Crippen molar-refractivity contribution in [3.8, 4) is 5.82 Å². The van der Waals surface area contributed by atoms with E-state index in [2.05, 4.69) is 15.0 Å². The Balaban J connectivity index is 2.36. The number of hydrogen-bond acceptors (Lipinski definition) is 5. The second-order valence-corrected chi connectivity index (χ2v) is 4.59. The van der Waals surface area contributed by atoms with Crippen LogP contribution in [-0.2, 0) is 0 Å². The smallest absolute Gasteiger partial charge is 0.335 e. The SMILES string of the molecule is O=C(O)c1ccc2c(=O)n(-c3ccncn3)c(=S)[nH]c2c1. The fourth-order valence-corrected chi connectivity index (χ4v) is 2.26. The topological polar surface area (TPSA) is 101 Å². The summed E-state index contributed by atoms with van der Waals surface area (Å²) in [5.41, 5.74) is 0.0759. The lowest BCUT2D eigenvalue weighted by molar-refractivity contribution is 0.0697. The summed E-state index contributed by atoms with van der Waals surface area (Å²) in [6.07, 6.45) is 2.82. The number of H-pyrrole nitrogens is 1. The highest BCUT2D eigenvalue weighted by atomic mass is 32.1. The van der Waals surface area contributed by atoms with Gasteiger partial charge in [0.1, 0.15) is 12.1 Å². The minimum atomic E-state index is -1.07. The zero-order chi connectivity index (χ0) is 15.0. The predicted octanol–water partition coefficient (Wildman–Crippen LogP) is 1.54. The van der Waals surface area contributed by atoms with Gasteiger partial charge in [-0.2, -0.15) is 0 Å². The molecule has 0 aliphatic heterocycles. The minimum Gasteiger partial charge on any atom is -0.478 e. The molecule has 0 unspecified atom stereocenters. The minimum absolute atomic E-state index is 0.0762. The van der Waals surface area contributed by atoms with Gasteiger partial charge in [0.2, 0.25) is 0 Å². The summed E-state index contributed by atoms with van der Waals surface area (Å²) in [6.45, 7) is 0. The fraction of sp³-hybridized carbons (Fsp3) is 0. The molecule has 2 heterocycles. The van der Waals surface area contributed by atoms with Gasteiger partial charge in [0.25, 0.3) is 5.56 Å². The van der Waals surface area contributed by atoms with E-state index in [1.807, 2.05) is 0 Å². The molecule has 0 saturated heterocycles. The Morgan fingerprint density at radius 2 is 2.14 bits per heavy atom. The number of nitrogens with one attached hydrogen (secondary N) is 1. The lowest BCUT2D eigenvalue weighted by Crippen LogP contribution is -2.21. The van der Waals surface area contributed by atoms with Gasteiger partial charge in [0.15, 0.2) is 4.77 Å². The maximum atomic E-state index is 12.5. The summed E-state index contributed by atoms with van der Waals surface area (Å²) in [7, 11) is 0. The number of rotatable bonds is 2. The van der Waals surface area contributed by atoms with Crippen molar-refractivity contribution in [1.82, 2.24) is 19.5 Å². The van der Waals surface area contributed by atoms with E-state index in [1.165, 1.54) is 35.3 Å². The zero-order valence-electron chi connectivity index (χ0n) is 10.5. The zero-order valence-corrected chi connectivity index (χ0v) is 11.3. The van der Waals surface area contributed by atoms with Crippen molar-refractivity contribution in [2.24, 2.45) is 0 Å². The van der Waals surface area contributed by atoms with E-state index >= 15 is 0 Å². The maximum absolute atomic E-state index is 12.5. The van der Waals surface area contributed by atoms with Gasteiger partial charge in [-0.1, -0.05) is 0 Å². The number of aromatic amines is 1. The number of aromatic nitrogens is 4. The van der Waals surface area contributed by atoms with Crippen molar-refractivity contribution < 1.29 is 9.90 Å². The highest BCUT2D eigenvalue weighted by Crippen LogP contribution is 2.12. The van der Waals surface area contributed by atoms with Crippen LogP contribution in [0.15, 0.2) is 41.6 Å². The van der Waals surface area contributed by atoms with Gasteiger partial charge in [0, 0.05) is 6.20 Å². The van der Waals surface area contributed by atoms with Crippen molar-refractivity contribution in [3.63, 3.8) is 0 Å². The maximum Gasteiger partial charge on any atom is 0.335 e. The van der Waals surface area contributed by atoms with Crippen LogP contribution in [0.4, 0.5) is 0 Å². The molecule has 0 fully saturated rings. The van der Waals surface area contributed by atoms with Gasteiger partial charge in [-0.3, -0.25) is 4.79 Å². The van der Waals surface area contributed by atoms with Gasteiger partial charge < -0.3 is 10.1 Å². The molecule has 2 N–H and O–H groups in total. The van der Waals surface area contributed by atoms with Crippen molar-refractivity contribution >= 4 is 29.1 Å². The highest BCUT2D eigenvalue weighted by molar-refractivity contribution is 7.71. The first-order valence-corrected chi connectivity index (χ1v) is 6.27. The van der Waals surface area contributed by atoms with Gasteiger partial charge >= 0.3 is 5.97 Å². The van der Waals surface area contributed by atoms with Crippen LogP contribution in [0.5, 0.6) is 0 Å². The van der Waals surface area contributed by atoms with E-state index in [9.17, 15) is 9.59 Å². The molecule has 7 nitrogen and oxygen atoms in total. The molecular formula is C13H8N4O3S. The Morgan fingerprint density at radius 3 is 2.81 bits per heavy atom. The summed E-state index contributed by atoms with van der Waals surface area (Å²) in [5, 5.41) is 9.30. The average molecular weight is 300 g/mol. The molecule has 0 spiro atoms. The van der Waals surface area contributed by atoms with Crippen LogP contribution >= 0.6 is 12.2 Å². The molecule has 0 bridgehead atoms. The van der Waals surface area contributed by atoms with Crippen LogP contribution in [0.25, 0.3) is 16.7 Å². The molecule has 0 amide bonds. The van der Waals surface area contributed by atoms with Gasteiger partial charge in [-0.15, -0.1) is 0 Å². The fourth-order valence-electron chi connectivity index (χ4n) is 1.98. The Kier molecular flexibility index (Phi) is 3.07. The molecule has 0 radical (unpaired) electrons. The van der Waals surface area contributed by atoms with Gasteiger partial charge in [-0.25, -0.2) is 19.3 Å². The highest BCUT2D eigenvalue weighted by Gasteiger charge is 2.10. The number of carboxylic acid groups (broad SMARTS) is 1. The summed E-state index contributed by atoms with van der Waals surface area (Å²) >= 11 is 5.16. The van der Waals surface area contributed by atoms with Crippen LogP contribution in [-0.4, -0.2) is 30.6 Å². The Hall–Kier alpha value is -2.87. The quantitative estimate of drug-likeness (QED) is 0.696. The molecule has 8 heteroatoms. The monoisotopic (exact) mass is 300 g/mol. The van der Waals surface area contributed by atoms with Crippen molar-refractivity contribution in [2.75, 3.05) is 0 Å². The number of aromatic carboxylic acids is 1. The van der Waals surface area contributed by atoms with Gasteiger partial charge in [-0.05, 0) is 36.5 Å². The van der Waals surface area contributed by atoms with Crippen LogP contribution in [0.3, 0.4) is 0 Å². The third-order valence-corrected chi connectivity index (χ3v) is 3.22. The van der Waals surface area contributed by atoms with Crippen molar-refractivity contribution in [1.29, 1.82) is 0 Å². The third kappa shape index (κ3) is 2.21. The molecule has 104 valence electrons.